The van der Waals surface area contributed by atoms with Crippen molar-refractivity contribution in [2.75, 3.05) is 19.7 Å². The molecular formula is C16H25NO. The zero-order valence-corrected chi connectivity index (χ0v) is 11.8. The minimum Gasteiger partial charge on any atom is -0.489 e. The summed E-state index contributed by atoms with van der Waals surface area (Å²) in [6.07, 6.45) is 1.14. The summed E-state index contributed by atoms with van der Waals surface area (Å²) in [5.41, 5.74) is 2.39. The van der Waals surface area contributed by atoms with Crippen molar-refractivity contribution in [3.05, 3.63) is 42.0 Å². The molecule has 1 rings (SSSR count). The predicted octanol–water partition coefficient (Wildman–Crippen LogP) is 3.74. The molecular weight excluding hydrogens is 222 g/mol. The molecule has 0 radical (unpaired) electrons. The van der Waals surface area contributed by atoms with Crippen molar-refractivity contribution in [2.45, 2.75) is 33.1 Å². The first-order valence-electron chi connectivity index (χ1n) is 6.73. The molecule has 0 saturated heterocycles. The third-order valence-corrected chi connectivity index (χ3v) is 2.77. The highest BCUT2D eigenvalue weighted by atomic mass is 16.5. The predicted molar refractivity (Wildman–Crippen MR) is 78.3 cm³/mol. The van der Waals surface area contributed by atoms with Gasteiger partial charge >= 0.3 is 0 Å². The van der Waals surface area contributed by atoms with Crippen LogP contribution in [0.2, 0.25) is 0 Å². The van der Waals surface area contributed by atoms with Crippen LogP contribution in [0.15, 0.2) is 36.4 Å². The molecule has 2 heteroatoms. The van der Waals surface area contributed by atoms with Crippen LogP contribution in [0.25, 0.3) is 0 Å². The molecule has 1 aromatic rings. The van der Waals surface area contributed by atoms with E-state index in [2.05, 4.69) is 44.8 Å². The van der Waals surface area contributed by atoms with E-state index in [9.17, 15) is 0 Å². The lowest BCUT2D eigenvalue weighted by molar-refractivity contribution is 0.348. The van der Waals surface area contributed by atoms with Crippen LogP contribution in [0.3, 0.4) is 0 Å². The van der Waals surface area contributed by atoms with E-state index in [1.165, 1.54) is 5.56 Å². The monoisotopic (exact) mass is 247 g/mol. The molecule has 0 unspecified atom stereocenters. The Balaban J connectivity index is 2.38. The maximum Gasteiger partial charge on any atom is 0.120 e. The Hall–Kier alpha value is -1.28. The van der Waals surface area contributed by atoms with Crippen molar-refractivity contribution in [3.63, 3.8) is 0 Å². The van der Waals surface area contributed by atoms with Crippen molar-refractivity contribution in [1.29, 1.82) is 0 Å². The Morgan fingerprint density at radius 3 is 2.83 bits per heavy atom. The van der Waals surface area contributed by atoms with Crippen LogP contribution in [0.4, 0.5) is 0 Å². The van der Waals surface area contributed by atoms with E-state index >= 15 is 0 Å². The van der Waals surface area contributed by atoms with Gasteiger partial charge in [0.1, 0.15) is 12.4 Å². The van der Waals surface area contributed by atoms with Gasteiger partial charge in [0.05, 0.1) is 0 Å². The van der Waals surface area contributed by atoms with Crippen molar-refractivity contribution in [2.24, 2.45) is 0 Å². The van der Waals surface area contributed by atoms with Gasteiger partial charge in [-0.25, -0.2) is 0 Å². The highest BCUT2D eigenvalue weighted by Gasteiger charge is 2.01. The highest BCUT2D eigenvalue weighted by Crippen LogP contribution is 2.20. The summed E-state index contributed by atoms with van der Waals surface area (Å²) in [4.78, 5) is 0. The highest BCUT2D eigenvalue weighted by molar-refractivity contribution is 5.30. The standard InChI is InChI=1S/C16H25NO/c1-5-9-17-11-14(4)12-18-16-8-6-7-15(10-16)13(2)3/h6-8,10,13,17H,4-5,9,11-12H2,1-3H3. The topological polar surface area (TPSA) is 21.3 Å². The van der Waals surface area contributed by atoms with Crippen LogP contribution < -0.4 is 10.1 Å². The lowest BCUT2D eigenvalue weighted by Gasteiger charge is -2.11. The zero-order chi connectivity index (χ0) is 13.4. The summed E-state index contributed by atoms with van der Waals surface area (Å²) in [7, 11) is 0. The molecule has 0 aromatic heterocycles. The molecule has 18 heavy (non-hydrogen) atoms. The molecule has 0 spiro atoms. The average Bonchev–Trinajstić information content (AvgIpc) is 2.37. The summed E-state index contributed by atoms with van der Waals surface area (Å²) >= 11 is 0. The summed E-state index contributed by atoms with van der Waals surface area (Å²) in [6, 6.07) is 8.29. The van der Waals surface area contributed by atoms with E-state index in [1.54, 1.807) is 0 Å². The van der Waals surface area contributed by atoms with E-state index in [-0.39, 0.29) is 0 Å². The third kappa shape index (κ3) is 5.37. The van der Waals surface area contributed by atoms with Crippen LogP contribution in [-0.4, -0.2) is 19.7 Å². The smallest absolute Gasteiger partial charge is 0.120 e. The largest absolute Gasteiger partial charge is 0.489 e. The van der Waals surface area contributed by atoms with Gasteiger partial charge in [0.25, 0.3) is 0 Å². The lowest BCUT2D eigenvalue weighted by atomic mass is 10.0. The molecule has 0 fully saturated rings. The fraction of sp³-hybridized carbons (Fsp3) is 0.500. The van der Waals surface area contributed by atoms with Gasteiger partial charge in [0.2, 0.25) is 0 Å². The van der Waals surface area contributed by atoms with Gasteiger partial charge in [0.15, 0.2) is 0 Å². The minimum atomic E-state index is 0.531. The molecule has 100 valence electrons. The fourth-order valence-corrected chi connectivity index (χ4v) is 1.64. The van der Waals surface area contributed by atoms with Gasteiger partial charge in [-0.15, -0.1) is 0 Å². The molecule has 0 heterocycles. The Bertz CT molecular complexity index is 371. The van der Waals surface area contributed by atoms with E-state index < -0.39 is 0 Å². The lowest BCUT2D eigenvalue weighted by Crippen LogP contribution is -2.20. The molecule has 0 saturated carbocycles. The van der Waals surface area contributed by atoms with Gasteiger partial charge in [0, 0.05) is 6.54 Å². The maximum atomic E-state index is 5.75. The molecule has 2 nitrogen and oxygen atoms in total. The van der Waals surface area contributed by atoms with Crippen molar-refractivity contribution < 1.29 is 4.74 Å². The Kier molecular flexibility index (Phi) is 6.51. The van der Waals surface area contributed by atoms with Crippen LogP contribution in [0.5, 0.6) is 5.75 Å². The number of rotatable bonds is 8. The first kappa shape index (κ1) is 14.8. The second kappa shape index (κ2) is 7.93. The van der Waals surface area contributed by atoms with Gasteiger partial charge in [-0.3, -0.25) is 0 Å². The van der Waals surface area contributed by atoms with Crippen LogP contribution in [0.1, 0.15) is 38.7 Å². The quantitative estimate of drug-likeness (QED) is 0.558. The summed E-state index contributed by atoms with van der Waals surface area (Å²) in [5.74, 6) is 1.46. The third-order valence-electron chi connectivity index (χ3n) is 2.77. The molecule has 0 aliphatic heterocycles. The van der Waals surface area contributed by atoms with Crippen molar-refractivity contribution >= 4 is 0 Å². The van der Waals surface area contributed by atoms with Crippen molar-refractivity contribution in [1.82, 2.24) is 5.32 Å². The maximum absolute atomic E-state index is 5.75. The number of hydrogen-bond donors (Lipinski definition) is 1. The van der Waals surface area contributed by atoms with Gasteiger partial charge < -0.3 is 10.1 Å². The fourth-order valence-electron chi connectivity index (χ4n) is 1.64. The first-order chi connectivity index (χ1) is 8.63. The molecule has 1 N–H and O–H groups in total. The number of benzene rings is 1. The van der Waals surface area contributed by atoms with Crippen LogP contribution >= 0.6 is 0 Å². The molecule has 0 aliphatic carbocycles. The van der Waals surface area contributed by atoms with Crippen LogP contribution in [-0.2, 0) is 0 Å². The molecule has 0 aliphatic rings. The summed E-state index contributed by atoms with van der Waals surface area (Å²) in [5, 5.41) is 3.32. The Morgan fingerprint density at radius 1 is 1.39 bits per heavy atom. The van der Waals surface area contributed by atoms with E-state index in [0.29, 0.717) is 12.5 Å². The van der Waals surface area contributed by atoms with Gasteiger partial charge in [-0.05, 0) is 42.2 Å². The Morgan fingerprint density at radius 2 is 2.17 bits per heavy atom. The Labute approximate surface area is 111 Å². The molecule has 0 atom stereocenters. The average molecular weight is 247 g/mol. The van der Waals surface area contributed by atoms with Gasteiger partial charge in [-0.1, -0.05) is 39.5 Å². The zero-order valence-electron chi connectivity index (χ0n) is 11.8. The minimum absolute atomic E-state index is 0.531. The summed E-state index contributed by atoms with van der Waals surface area (Å²) < 4.78 is 5.75. The molecule has 0 amide bonds. The van der Waals surface area contributed by atoms with Crippen LogP contribution in [0, 0.1) is 0 Å². The SMILES string of the molecule is C=C(CNCCC)COc1cccc(C(C)C)c1. The normalized spacial score (nSPS) is 10.7. The van der Waals surface area contributed by atoms with E-state index in [0.717, 1.165) is 30.8 Å². The number of nitrogens with one attached hydrogen (secondary N) is 1. The van der Waals surface area contributed by atoms with E-state index in [4.69, 9.17) is 4.74 Å². The molecule has 1 aromatic carbocycles. The number of hydrogen-bond acceptors (Lipinski definition) is 2. The summed E-state index contributed by atoms with van der Waals surface area (Å²) in [6.45, 7) is 13.0. The second-order valence-electron chi connectivity index (χ2n) is 4.94. The molecule has 0 bridgehead atoms. The number of ether oxygens (including phenoxy) is 1. The van der Waals surface area contributed by atoms with Gasteiger partial charge in [-0.2, -0.15) is 0 Å². The van der Waals surface area contributed by atoms with E-state index in [1.807, 2.05) is 12.1 Å². The first-order valence-corrected chi connectivity index (χ1v) is 6.73. The van der Waals surface area contributed by atoms with Crippen molar-refractivity contribution in [3.8, 4) is 5.75 Å². The second-order valence-corrected chi connectivity index (χ2v) is 4.94.